The molecule has 158 valence electrons. The van der Waals surface area contributed by atoms with Crippen molar-refractivity contribution in [3.63, 3.8) is 0 Å². The summed E-state index contributed by atoms with van der Waals surface area (Å²) < 4.78 is 29.3. The minimum absolute atomic E-state index is 0.271. The van der Waals surface area contributed by atoms with Gasteiger partial charge in [0.2, 0.25) is 0 Å². The number of alkyl halides is 2. The summed E-state index contributed by atoms with van der Waals surface area (Å²) in [6.07, 6.45) is 13.7. The highest BCUT2D eigenvalue weighted by molar-refractivity contribution is 5.89. The zero-order chi connectivity index (χ0) is 20.2. The van der Waals surface area contributed by atoms with Gasteiger partial charge >= 0.3 is 5.97 Å². The van der Waals surface area contributed by atoms with Gasteiger partial charge in [-0.3, -0.25) is 0 Å². The lowest BCUT2D eigenvalue weighted by atomic mass is 9.77. The van der Waals surface area contributed by atoms with E-state index in [2.05, 4.69) is 11.7 Å². The number of hydrogen-bond donors (Lipinski definition) is 0. The first-order valence-corrected chi connectivity index (χ1v) is 11.1. The van der Waals surface area contributed by atoms with E-state index >= 15 is 0 Å². The van der Waals surface area contributed by atoms with Crippen LogP contribution in [0.25, 0.3) is 0 Å². The number of carbonyl (C=O) groups is 1. The van der Waals surface area contributed by atoms with Crippen LogP contribution in [-0.4, -0.2) is 19.0 Å². The molecule has 28 heavy (non-hydrogen) atoms. The van der Waals surface area contributed by atoms with Crippen molar-refractivity contribution in [3.05, 3.63) is 35.4 Å². The Balaban J connectivity index is 1.66. The molecular formula is C24H36F2O2. The number of carbonyl (C=O) groups excluding carboxylic acids is 1. The van der Waals surface area contributed by atoms with Crippen molar-refractivity contribution in [2.24, 2.45) is 5.92 Å². The molecule has 0 N–H and O–H groups in total. The number of unbranched alkanes of at least 4 members (excludes halogenated alkanes) is 6. The molecule has 2 nitrogen and oxygen atoms in total. The van der Waals surface area contributed by atoms with E-state index in [0.29, 0.717) is 5.92 Å². The van der Waals surface area contributed by atoms with Crippen molar-refractivity contribution in [2.75, 3.05) is 6.67 Å². The van der Waals surface area contributed by atoms with Crippen molar-refractivity contribution in [1.82, 2.24) is 0 Å². The monoisotopic (exact) mass is 394 g/mol. The van der Waals surface area contributed by atoms with Crippen molar-refractivity contribution >= 4 is 5.97 Å². The van der Waals surface area contributed by atoms with Gasteiger partial charge in [-0.05, 0) is 55.2 Å². The minimum atomic E-state index is -2.18. The molecule has 1 aliphatic carbocycles. The predicted molar refractivity (Wildman–Crippen MR) is 110 cm³/mol. The Hall–Kier alpha value is -1.45. The first kappa shape index (κ1) is 22.8. The molecule has 1 atom stereocenters. The number of esters is 1. The second-order valence-corrected chi connectivity index (χ2v) is 8.22. The molecule has 1 unspecified atom stereocenters. The Morgan fingerprint density at radius 1 is 1.00 bits per heavy atom. The molecule has 1 aromatic carbocycles. The highest BCUT2D eigenvalue weighted by atomic mass is 19.2. The van der Waals surface area contributed by atoms with Gasteiger partial charge in [-0.15, -0.1) is 0 Å². The Morgan fingerprint density at radius 3 is 2.21 bits per heavy atom. The number of rotatable bonds is 12. The summed E-state index contributed by atoms with van der Waals surface area (Å²) in [6, 6.07) is 7.18. The van der Waals surface area contributed by atoms with Crippen LogP contribution in [0.4, 0.5) is 8.78 Å². The van der Waals surface area contributed by atoms with Gasteiger partial charge in [0, 0.05) is 0 Å². The van der Waals surface area contributed by atoms with E-state index in [4.69, 9.17) is 0 Å². The van der Waals surface area contributed by atoms with E-state index in [9.17, 15) is 13.6 Å². The molecule has 1 aliphatic rings. The van der Waals surface area contributed by atoms with Crippen LogP contribution in [0.2, 0.25) is 0 Å². The second kappa shape index (κ2) is 12.9. The third-order valence-electron chi connectivity index (χ3n) is 6.04. The quantitative estimate of drug-likeness (QED) is 0.271. The summed E-state index contributed by atoms with van der Waals surface area (Å²) in [5.41, 5.74) is 1.50. The molecule has 0 bridgehead atoms. The van der Waals surface area contributed by atoms with Crippen LogP contribution in [0.3, 0.4) is 0 Å². The summed E-state index contributed by atoms with van der Waals surface area (Å²) in [4.78, 5) is 11.7. The summed E-state index contributed by atoms with van der Waals surface area (Å²) in [6.45, 7) is 0.945. The normalized spacial score (nSPS) is 20.7. The Labute approximate surface area is 169 Å². The van der Waals surface area contributed by atoms with Gasteiger partial charge in [0.25, 0.3) is 6.36 Å². The topological polar surface area (TPSA) is 26.3 Å². The van der Waals surface area contributed by atoms with E-state index in [1.54, 1.807) is 12.1 Å². The molecule has 0 aliphatic heterocycles. The van der Waals surface area contributed by atoms with E-state index in [0.717, 1.165) is 5.92 Å². The van der Waals surface area contributed by atoms with Crippen LogP contribution in [0, 0.1) is 5.92 Å². The predicted octanol–water partition coefficient (Wildman–Crippen LogP) is 7.52. The molecule has 0 heterocycles. The van der Waals surface area contributed by atoms with Gasteiger partial charge in [0.05, 0.1) is 5.56 Å². The molecule has 0 aromatic heterocycles. The molecule has 0 spiro atoms. The third-order valence-corrected chi connectivity index (χ3v) is 6.04. The van der Waals surface area contributed by atoms with Gasteiger partial charge in [-0.25, -0.2) is 9.18 Å². The third kappa shape index (κ3) is 7.89. The summed E-state index contributed by atoms with van der Waals surface area (Å²) in [5.74, 6) is 0.591. The van der Waals surface area contributed by atoms with E-state index in [1.807, 2.05) is 12.1 Å². The summed E-state index contributed by atoms with van der Waals surface area (Å²) in [7, 11) is 0. The largest absolute Gasteiger partial charge is 0.425 e. The lowest BCUT2D eigenvalue weighted by Crippen LogP contribution is -2.16. The number of benzene rings is 1. The van der Waals surface area contributed by atoms with Crippen LogP contribution in [0.1, 0.15) is 106 Å². The second-order valence-electron chi connectivity index (χ2n) is 8.22. The van der Waals surface area contributed by atoms with Crippen molar-refractivity contribution in [2.45, 2.75) is 96.2 Å². The zero-order valence-electron chi connectivity index (χ0n) is 17.3. The van der Waals surface area contributed by atoms with E-state index < -0.39 is 19.0 Å². The van der Waals surface area contributed by atoms with Crippen LogP contribution in [0.15, 0.2) is 24.3 Å². The van der Waals surface area contributed by atoms with Gasteiger partial charge in [0.15, 0.2) is 6.67 Å². The number of halogens is 2. The van der Waals surface area contributed by atoms with Crippen LogP contribution in [-0.2, 0) is 4.74 Å². The highest BCUT2D eigenvalue weighted by Crippen LogP contribution is 2.37. The molecule has 2 rings (SSSR count). The minimum Gasteiger partial charge on any atom is -0.425 e. The molecule has 0 saturated heterocycles. The molecule has 0 amide bonds. The van der Waals surface area contributed by atoms with E-state index in [-0.39, 0.29) is 5.56 Å². The first-order chi connectivity index (χ1) is 13.6. The van der Waals surface area contributed by atoms with Gasteiger partial charge in [-0.2, -0.15) is 4.39 Å². The molecule has 1 aromatic rings. The summed E-state index contributed by atoms with van der Waals surface area (Å²) >= 11 is 0. The Bertz CT molecular complexity index is 550. The maximum atomic E-state index is 12.8. The molecule has 4 heteroatoms. The fraction of sp³-hybridized carbons (Fsp3) is 0.708. The highest BCUT2D eigenvalue weighted by Gasteiger charge is 2.22. The zero-order valence-corrected chi connectivity index (χ0v) is 17.3. The van der Waals surface area contributed by atoms with Crippen molar-refractivity contribution in [3.8, 4) is 0 Å². The SMILES string of the molecule is CCCCCCCCCC1CCC(c2ccc(C(=O)OC(F)CF)cc2)CC1. The smallest absolute Gasteiger partial charge is 0.340 e. The van der Waals surface area contributed by atoms with E-state index in [1.165, 1.54) is 82.6 Å². The van der Waals surface area contributed by atoms with Gasteiger partial charge < -0.3 is 4.74 Å². The van der Waals surface area contributed by atoms with Crippen LogP contribution in [0.5, 0.6) is 0 Å². The maximum Gasteiger partial charge on any atom is 0.340 e. The van der Waals surface area contributed by atoms with Gasteiger partial charge in [-0.1, -0.05) is 70.4 Å². The molecule has 0 radical (unpaired) electrons. The van der Waals surface area contributed by atoms with Crippen LogP contribution >= 0.6 is 0 Å². The average Bonchev–Trinajstić information content (AvgIpc) is 2.73. The Kier molecular flexibility index (Phi) is 10.5. The van der Waals surface area contributed by atoms with Crippen molar-refractivity contribution < 1.29 is 18.3 Å². The summed E-state index contributed by atoms with van der Waals surface area (Å²) in [5, 5.41) is 0. The maximum absolute atomic E-state index is 12.8. The fourth-order valence-corrected chi connectivity index (χ4v) is 4.28. The molecule has 1 fully saturated rings. The lowest BCUT2D eigenvalue weighted by Gasteiger charge is -2.29. The Morgan fingerprint density at radius 2 is 1.61 bits per heavy atom. The fourth-order valence-electron chi connectivity index (χ4n) is 4.28. The van der Waals surface area contributed by atoms with Crippen LogP contribution < -0.4 is 0 Å². The standard InChI is InChI=1S/C24H36F2O2/c1-2-3-4-5-6-7-8-9-19-10-12-20(13-11-19)21-14-16-22(17-15-21)24(27)28-23(26)18-25/h14-17,19-20,23H,2-13,18H2,1H3. The number of hydrogen-bond acceptors (Lipinski definition) is 2. The number of ether oxygens (including phenoxy) is 1. The van der Waals surface area contributed by atoms with Gasteiger partial charge in [0.1, 0.15) is 0 Å². The average molecular weight is 395 g/mol. The molecular weight excluding hydrogens is 358 g/mol. The first-order valence-electron chi connectivity index (χ1n) is 11.1. The molecule has 1 saturated carbocycles. The van der Waals surface area contributed by atoms with Crippen molar-refractivity contribution in [1.29, 1.82) is 0 Å². The lowest BCUT2D eigenvalue weighted by molar-refractivity contribution is -0.0254.